The number of unbranched alkanes of at least 4 members (excludes halogenated alkanes) is 1. The third-order valence-electron chi connectivity index (χ3n) is 4.41. The van der Waals surface area contributed by atoms with E-state index >= 15 is 0 Å². The summed E-state index contributed by atoms with van der Waals surface area (Å²) in [5.74, 6) is -3.06. The van der Waals surface area contributed by atoms with Gasteiger partial charge in [0.05, 0.1) is 18.8 Å². The predicted molar refractivity (Wildman–Crippen MR) is 116 cm³/mol. The predicted octanol–water partition coefficient (Wildman–Crippen LogP) is -2.89. The second kappa shape index (κ2) is 15.8. The van der Waals surface area contributed by atoms with Crippen molar-refractivity contribution >= 4 is 35.5 Å². The Morgan fingerprint density at radius 3 is 2.06 bits per heavy atom. The Morgan fingerprint density at radius 2 is 1.58 bits per heavy atom. The number of rotatable bonds is 16. The molecule has 0 fully saturated rings. The molecular weight excluding hydrogens is 430 g/mol. The molecule has 0 saturated carbocycles. The number of hydrogen-bond acceptors (Lipinski definition) is 9. The lowest BCUT2D eigenvalue weighted by Gasteiger charge is -2.26. The van der Waals surface area contributed by atoms with Gasteiger partial charge in [-0.05, 0) is 51.2 Å². The molecule has 180 valence electrons. The molecule has 5 atom stereocenters. The van der Waals surface area contributed by atoms with E-state index in [0.29, 0.717) is 31.6 Å². The van der Waals surface area contributed by atoms with E-state index in [-0.39, 0.29) is 6.42 Å². The molecule has 0 aromatic rings. The fraction of sp³-hybridized carbons (Fsp3) is 0.778. The summed E-state index contributed by atoms with van der Waals surface area (Å²) in [4.78, 5) is 48.4. The maximum atomic E-state index is 12.8. The lowest BCUT2D eigenvalue weighted by molar-refractivity contribution is -0.144. The summed E-state index contributed by atoms with van der Waals surface area (Å²) in [6, 6.07) is -4.93. The van der Waals surface area contributed by atoms with E-state index in [1.165, 1.54) is 18.7 Å². The maximum absolute atomic E-state index is 12.8. The van der Waals surface area contributed by atoms with Crippen molar-refractivity contribution in [3.8, 4) is 0 Å². The van der Waals surface area contributed by atoms with Gasteiger partial charge >= 0.3 is 5.97 Å². The van der Waals surface area contributed by atoms with E-state index in [2.05, 4.69) is 10.6 Å². The molecule has 0 rings (SSSR count). The van der Waals surface area contributed by atoms with E-state index in [1.54, 1.807) is 0 Å². The fourth-order valence-corrected chi connectivity index (χ4v) is 3.01. The van der Waals surface area contributed by atoms with Gasteiger partial charge in [-0.15, -0.1) is 0 Å². The number of thioether (sulfide) groups is 1. The first kappa shape index (κ1) is 29.1. The number of amides is 3. The van der Waals surface area contributed by atoms with E-state index < -0.39 is 60.6 Å². The Balaban J connectivity index is 5.28. The van der Waals surface area contributed by atoms with Gasteiger partial charge in [-0.1, -0.05) is 0 Å². The van der Waals surface area contributed by atoms with Crippen LogP contribution in [0.3, 0.4) is 0 Å². The number of aliphatic hydroxyl groups excluding tert-OH is 2. The van der Waals surface area contributed by atoms with Crippen LogP contribution in [-0.4, -0.2) is 94.4 Å². The van der Waals surface area contributed by atoms with Crippen LogP contribution in [0.5, 0.6) is 0 Å². The average molecular weight is 466 g/mol. The van der Waals surface area contributed by atoms with Crippen LogP contribution < -0.4 is 27.4 Å². The normalized spacial score (nSPS) is 15.8. The van der Waals surface area contributed by atoms with Crippen molar-refractivity contribution in [2.45, 2.75) is 62.9 Å². The highest BCUT2D eigenvalue weighted by Crippen LogP contribution is 2.05. The number of nitrogens with two attached hydrogens (primary N) is 2. The van der Waals surface area contributed by atoms with Gasteiger partial charge < -0.3 is 42.7 Å². The molecule has 0 heterocycles. The fourth-order valence-electron chi connectivity index (χ4n) is 2.52. The van der Waals surface area contributed by atoms with Crippen LogP contribution in [0.4, 0.5) is 0 Å². The van der Waals surface area contributed by atoms with Gasteiger partial charge in [-0.25, -0.2) is 4.79 Å². The number of aliphatic carboxylic acids is 1. The molecule has 0 aliphatic carbocycles. The van der Waals surface area contributed by atoms with Crippen molar-refractivity contribution < 1.29 is 34.5 Å². The summed E-state index contributed by atoms with van der Waals surface area (Å²) in [6.45, 7) is 0.763. The minimum absolute atomic E-state index is 0.229. The van der Waals surface area contributed by atoms with Crippen molar-refractivity contribution in [1.29, 1.82) is 0 Å². The number of carbonyl (C=O) groups is 4. The summed E-state index contributed by atoms with van der Waals surface area (Å²) in [5.41, 5.74) is 11.3. The SMILES string of the molecule is CSCCC(N)C(=O)NC(CCCCN)C(=O)NC(C(=O)NC(CO)C(=O)O)C(C)O. The lowest BCUT2D eigenvalue weighted by Crippen LogP contribution is -2.60. The quantitative estimate of drug-likeness (QED) is 0.109. The average Bonchev–Trinajstić information content (AvgIpc) is 2.72. The Morgan fingerprint density at radius 1 is 0.968 bits per heavy atom. The number of carbonyl (C=O) groups excluding carboxylic acids is 3. The molecule has 0 aromatic carbocycles. The van der Waals surface area contributed by atoms with Gasteiger partial charge in [0, 0.05) is 0 Å². The Kier molecular flexibility index (Phi) is 14.8. The van der Waals surface area contributed by atoms with Crippen molar-refractivity contribution in [3.63, 3.8) is 0 Å². The standard InChI is InChI=1S/C18H35N5O7S/c1-10(25)14(17(28)22-13(9-24)18(29)30)23-16(27)12(5-3-4-7-19)21-15(26)11(20)6-8-31-2/h10-14,24-25H,3-9,19-20H2,1-2H3,(H,21,26)(H,22,28)(H,23,27)(H,29,30). The highest BCUT2D eigenvalue weighted by molar-refractivity contribution is 7.98. The van der Waals surface area contributed by atoms with Crippen LogP contribution in [-0.2, 0) is 19.2 Å². The zero-order valence-electron chi connectivity index (χ0n) is 17.9. The summed E-state index contributed by atoms with van der Waals surface area (Å²) in [7, 11) is 0. The number of carboxylic acid groups (broad SMARTS) is 1. The van der Waals surface area contributed by atoms with E-state index in [0.717, 1.165) is 0 Å². The number of carboxylic acids is 1. The molecule has 0 bridgehead atoms. The summed E-state index contributed by atoms with van der Waals surface area (Å²) < 4.78 is 0. The monoisotopic (exact) mass is 465 g/mol. The molecule has 31 heavy (non-hydrogen) atoms. The van der Waals surface area contributed by atoms with E-state index in [4.69, 9.17) is 21.7 Å². The van der Waals surface area contributed by atoms with E-state index in [1.807, 2.05) is 11.6 Å². The van der Waals surface area contributed by atoms with Gasteiger partial charge in [0.2, 0.25) is 17.7 Å². The van der Waals surface area contributed by atoms with Gasteiger partial charge in [0.25, 0.3) is 0 Å². The highest BCUT2D eigenvalue weighted by Gasteiger charge is 2.32. The minimum atomic E-state index is -1.60. The number of aliphatic hydroxyl groups is 2. The molecular formula is C18H35N5O7S. The van der Waals surface area contributed by atoms with Crippen molar-refractivity contribution in [3.05, 3.63) is 0 Å². The Bertz CT molecular complexity index is 594. The van der Waals surface area contributed by atoms with Crippen LogP contribution in [0, 0.1) is 0 Å². The second-order valence-electron chi connectivity index (χ2n) is 7.04. The second-order valence-corrected chi connectivity index (χ2v) is 8.03. The van der Waals surface area contributed by atoms with Crippen molar-refractivity contribution in [2.24, 2.45) is 11.5 Å². The number of hydrogen-bond donors (Lipinski definition) is 8. The van der Waals surface area contributed by atoms with Gasteiger partial charge in [-0.2, -0.15) is 11.8 Å². The molecule has 0 saturated heterocycles. The van der Waals surface area contributed by atoms with Crippen LogP contribution in [0.15, 0.2) is 0 Å². The summed E-state index contributed by atoms with van der Waals surface area (Å²) >= 11 is 1.53. The smallest absolute Gasteiger partial charge is 0.328 e. The molecule has 0 aliphatic rings. The van der Waals surface area contributed by atoms with Gasteiger partial charge in [0.15, 0.2) is 0 Å². The molecule has 0 spiro atoms. The maximum Gasteiger partial charge on any atom is 0.328 e. The third-order valence-corrected chi connectivity index (χ3v) is 5.05. The summed E-state index contributed by atoms with van der Waals surface area (Å²) in [6.07, 6.45) is 2.27. The molecule has 10 N–H and O–H groups in total. The van der Waals surface area contributed by atoms with Crippen LogP contribution >= 0.6 is 11.8 Å². The molecule has 13 heteroatoms. The molecule has 12 nitrogen and oxygen atoms in total. The topological polar surface area (TPSA) is 217 Å². The Labute approximate surface area is 185 Å². The largest absolute Gasteiger partial charge is 0.480 e. The van der Waals surface area contributed by atoms with Crippen LogP contribution in [0.2, 0.25) is 0 Å². The molecule has 3 amide bonds. The van der Waals surface area contributed by atoms with Crippen molar-refractivity contribution in [2.75, 3.05) is 25.2 Å². The molecule has 5 unspecified atom stereocenters. The lowest BCUT2D eigenvalue weighted by atomic mass is 10.1. The zero-order valence-corrected chi connectivity index (χ0v) is 18.7. The third kappa shape index (κ3) is 11.3. The summed E-state index contributed by atoms with van der Waals surface area (Å²) in [5, 5.41) is 34.8. The van der Waals surface area contributed by atoms with Gasteiger partial charge in [0.1, 0.15) is 18.1 Å². The van der Waals surface area contributed by atoms with Crippen molar-refractivity contribution in [1.82, 2.24) is 16.0 Å². The first-order valence-electron chi connectivity index (χ1n) is 9.96. The van der Waals surface area contributed by atoms with Gasteiger partial charge in [-0.3, -0.25) is 14.4 Å². The van der Waals surface area contributed by atoms with Crippen LogP contribution in [0.25, 0.3) is 0 Å². The van der Waals surface area contributed by atoms with E-state index in [9.17, 15) is 24.3 Å². The first-order valence-corrected chi connectivity index (χ1v) is 11.4. The zero-order chi connectivity index (χ0) is 24.0. The highest BCUT2D eigenvalue weighted by atomic mass is 32.2. The number of nitrogens with one attached hydrogen (secondary N) is 3. The Hall–Kier alpha value is -1.93. The first-order chi connectivity index (χ1) is 14.6. The molecule has 0 radical (unpaired) electrons. The molecule has 0 aliphatic heterocycles. The molecule has 0 aromatic heterocycles. The minimum Gasteiger partial charge on any atom is -0.480 e. The van der Waals surface area contributed by atoms with Crippen LogP contribution in [0.1, 0.15) is 32.6 Å².